The topological polar surface area (TPSA) is 55.4 Å². The summed E-state index contributed by atoms with van der Waals surface area (Å²) >= 11 is 2.23. The molecule has 0 radical (unpaired) electrons. The molecule has 3 aliphatic carbocycles. The van der Waals surface area contributed by atoms with Gasteiger partial charge in [0.15, 0.2) is 0 Å². The molecular formula is C18H18INO3. The molecule has 4 rings (SSSR count). The van der Waals surface area contributed by atoms with Gasteiger partial charge in [-0.2, -0.15) is 0 Å². The zero-order valence-electron chi connectivity index (χ0n) is 12.8. The molecule has 2 saturated carbocycles. The van der Waals surface area contributed by atoms with Crippen molar-refractivity contribution in [1.29, 1.82) is 0 Å². The van der Waals surface area contributed by atoms with Crippen LogP contribution in [0.2, 0.25) is 0 Å². The number of hydrogen-bond donors (Lipinski definition) is 1. The van der Waals surface area contributed by atoms with Crippen LogP contribution in [0.3, 0.4) is 0 Å². The maximum Gasteiger partial charge on any atom is 0.310 e. The number of anilines is 1. The number of carbonyl (C=O) groups is 2. The number of amides is 1. The highest BCUT2D eigenvalue weighted by atomic mass is 127. The molecule has 3 aliphatic rings. The van der Waals surface area contributed by atoms with E-state index in [2.05, 4.69) is 40.1 Å². The van der Waals surface area contributed by atoms with Gasteiger partial charge in [0, 0.05) is 9.26 Å². The van der Waals surface area contributed by atoms with E-state index in [0.717, 1.165) is 22.1 Å². The van der Waals surface area contributed by atoms with Crippen LogP contribution in [0.25, 0.3) is 0 Å². The molecule has 2 fully saturated rings. The second-order valence-corrected chi connectivity index (χ2v) is 7.99. The minimum absolute atomic E-state index is 0.0651. The third-order valence-corrected chi connectivity index (χ3v) is 6.45. The SMILES string of the molecule is COC(=O)C1C(C(=O)Nc2ccc(I)cc2)C2C=CC1C21CC1. The van der Waals surface area contributed by atoms with Gasteiger partial charge in [0.1, 0.15) is 0 Å². The summed E-state index contributed by atoms with van der Waals surface area (Å²) in [5, 5.41) is 2.99. The molecule has 23 heavy (non-hydrogen) atoms. The van der Waals surface area contributed by atoms with E-state index in [4.69, 9.17) is 4.74 Å². The second-order valence-electron chi connectivity index (χ2n) is 6.74. The molecule has 4 unspecified atom stereocenters. The van der Waals surface area contributed by atoms with Crippen molar-refractivity contribution >= 4 is 40.2 Å². The van der Waals surface area contributed by atoms with E-state index in [1.54, 1.807) is 0 Å². The number of benzene rings is 1. The van der Waals surface area contributed by atoms with Crippen LogP contribution in [0.15, 0.2) is 36.4 Å². The maximum atomic E-state index is 12.9. The van der Waals surface area contributed by atoms with Crippen molar-refractivity contribution in [2.75, 3.05) is 12.4 Å². The van der Waals surface area contributed by atoms with E-state index < -0.39 is 0 Å². The van der Waals surface area contributed by atoms with Crippen molar-refractivity contribution < 1.29 is 14.3 Å². The van der Waals surface area contributed by atoms with E-state index in [1.807, 2.05) is 24.3 Å². The molecule has 1 amide bonds. The van der Waals surface area contributed by atoms with Crippen molar-refractivity contribution in [1.82, 2.24) is 0 Å². The fourth-order valence-corrected chi connectivity index (χ4v) is 4.93. The summed E-state index contributed by atoms with van der Waals surface area (Å²) in [4.78, 5) is 25.2. The predicted octanol–water partition coefficient (Wildman–Crippen LogP) is 3.23. The molecule has 5 heteroatoms. The van der Waals surface area contributed by atoms with Gasteiger partial charge in [0.2, 0.25) is 5.91 Å². The molecule has 1 aromatic carbocycles. The molecular weight excluding hydrogens is 405 g/mol. The molecule has 4 atom stereocenters. The number of allylic oxidation sites excluding steroid dienone is 2. The van der Waals surface area contributed by atoms with E-state index in [-0.39, 0.29) is 41.0 Å². The van der Waals surface area contributed by atoms with E-state index in [0.29, 0.717) is 0 Å². The van der Waals surface area contributed by atoms with Crippen molar-refractivity contribution in [2.24, 2.45) is 29.1 Å². The third-order valence-electron chi connectivity index (χ3n) is 5.73. The number of nitrogens with one attached hydrogen (secondary N) is 1. The zero-order valence-corrected chi connectivity index (χ0v) is 14.9. The molecule has 1 N–H and O–H groups in total. The molecule has 120 valence electrons. The van der Waals surface area contributed by atoms with Gasteiger partial charge in [-0.1, -0.05) is 12.2 Å². The van der Waals surface area contributed by atoms with Gasteiger partial charge < -0.3 is 10.1 Å². The summed E-state index contributed by atoms with van der Waals surface area (Å²) in [5.41, 5.74) is 0.919. The first kappa shape index (κ1) is 15.2. The molecule has 1 spiro atoms. The van der Waals surface area contributed by atoms with Crippen LogP contribution >= 0.6 is 22.6 Å². The number of hydrogen-bond acceptors (Lipinski definition) is 3. The number of rotatable bonds is 3. The average molecular weight is 423 g/mol. The summed E-state index contributed by atoms with van der Waals surface area (Å²) in [6.07, 6.45) is 6.50. The average Bonchev–Trinajstić information content (AvgIpc) is 3.22. The van der Waals surface area contributed by atoms with Gasteiger partial charge in [0.25, 0.3) is 0 Å². The smallest absolute Gasteiger partial charge is 0.310 e. The lowest BCUT2D eigenvalue weighted by atomic mass is 9.82. The monoisotopic (exact) mass is 423 g/mol. The van der Waals surface area contributed by atoms with E-state index in [1.165, 1.54) is 7.11 Å². The third kappa shape index (κ3) is 2.23. The van der Waals surface area contributed by atoms with E-state index in [9.17, 15) is 9.59 Å². The fourth-order valence-electron chi connectivity index (χ4n) is 4.57. The quantitative estimate of drug-likeness (QED) is 0.462. The Hall–Kier alpha value is -1.37. The Kier molecular flexibility index (Phi) is 3.51. The van der Waals surface area contributed by atoms with Crippen molar-refractivity contribution in [3.05, 3.63) is 40.0 Å². The first-order chi connectivity index (χ1) is 11.1. The van der Waals surface area contributed by atoms with Gasteiger partial charge in [-0.25, -0.2) is 0 Å². The van der Waals surface area contributed by atoms with Gasteiger partial charge in [-0.15, -0.1) is 0 Å². The number of carbonyl (C=O) groups excluding carboxylic acids is 2. The summed E-state index contributed by atoms with van der Waals surface area (Å²) < 4.78 is 6.12. The number of esters is 1. The Balaban J connectivity index is 1.61. The summed E-state index contributed by atoms with van der Waals surface area (Å²) in [6, 6.07) is 7.69. The zero-order chi connectivity index (χ0) is 16.2. The van der Waals surface area contributed by atoms with Crippen LogP contribution in [0.1, 0.15) is 12.8 Å². The molecule has 0 aromatic heterocycles. The van der Waals surface area contributed by atoms with Gasteiger partial charge in [-0.05, 0) is 76.9 Å². The Labute approximate surface area is 148 Å². The van der Waals surface area contributed by atoms with Crippen LogP contribution < -0.4 is 5.32 Å². The van der Waals surface area contributed by atoms with Gasteiger partial charge >= 0.3 is 5.97 Å². The van der Waals surface area contributed by atoms with Crippen LogP contribution in [0, 0.1) is 32.7 Å². The summed E-state index contributed by atoms with van der Waals surface area (Å²) in [5.74, 6) is -0.658. The lowest BCUT2D eigenvalue weighted by molar-refractivity contribution is -0.150. The van der Waals surface area contributed by atoms with E-state index >= 15 is 0 Å². The highest BCUT2D eigenvalue weighted by Gasteiger charge is 2.70. The van der Waals surface area contributed by atoms with Crippen LogP contribution in [-0.4, -0.2) is 19.0 Å². The first-order valence-electron chi connectivity index (χ1n) is 7.89. The Bertz CT molecular complexity index is 693. The number of halogens is 1. The Morgan fingerprint density at radius 2 is 1.74 bits per heavy atom. The first-order valence-corrected chi connectivity index (χ1v) is 8.97. The second kappa shape index (κ2) is 5.33. The summed E-state index contributed by atoms with van der Waals surface area (Å²) in [6.45, 7) is 0. The van der Waals surface area contributed by atoms with Crippen molar-refractivity contribution in [2.45, 2.75) is 12.8 Å². The molecule has 2 bridgehead atoms. The van der Waals surface area contributed by atoms with Gasteiger partial charge in [0.05, 0.1) is 18.9 Å². The van der Waals surface area contributed by atoms with Crippen LogP contribution in [0.4, 0.5) is 5.69 Å². The highest BCUT2D eigenvalue weighted by molar-refractivity contribution is 14.1. The predicted molar refractivity (Wildman–Crippen MR) is 94.6 cm³/mol. The normalized spacial score (nSPS) is 32.1. The largest absolute Gasteiger partial charge is 0.469 e. The molecule has 0 heterocycles. The van der Waals surface area contributed by atoms with Crippen molar-refractivity contribution in [3.63, 3.8) is 0 Å². The fraction of sp³-hybridized carbons (Fsp3) is 0.444. The van der Waals surface area contributed by atoms with Gasteiger partial charge in [-0.3, -0.25) is 9.59 Å². The maximum absolute atomic E-state index is 12.9. The minimum atomic E-state index is -0.346. The highest BCUT2D eigenvalue weighted by Crippen LogP contribution is 2.72. The Morgan fingerprint density at radius 3 is 2.30 bits per heavy atom. The van der Waals surface area contributed by atoms with Crippen molar-refractivity contribution in [3.8, 4) is 0 Å². The van der Waals surface area contributed by atoms with Crippen LogP contribution in [0.5, 0.6) is 0 Å². The molecule has 0 saturated heterocycles. The standard InChI is InChI=1S/C18H18INO3/c1-23-17(22)15-13-7-6-12(18(13)8-9-18)14(15)16(21)20-11-4-2-10(19)3-5-11/h2-7,12-15H,8-9H2,1H3,(H,20,21). The Morgan fingerprint density at radius 1 is 1.13 bits per heavy atom. The lowest BCUT2D eigenvalue weighted by Gasteiger charge is -2.24. The molecule has 0 aliphatic heterocycles. The minimum Gasteiger partial charge on any atom is -0.469 e. The molecule has 1 aromatic rings. The number of methoxy groups -OCH3 is 1. The lowest BCUT2D eigenvalue weighted by Crippen LogP contribution is -2.37. The molecule has 4 nitrogen and oxygen atoms in total. The van der Waals surface area contributed by atoms with Crippen LogP contribution in [-0.2, 0) is 14.3 Å². The summed E-state index contributed by atoms with van der Waals surface area (Å²) in [7, 11) is 1.41. The number of ether oxygens (including phenoxy) is 1.